The molecular weight excluding hydrogens is 324 g/mol. The zero-order valence-electron chi connectivity index (χ0n) is 15.0. The Balaban J connectivity index is 1.49. The summed E-state index contributed by atoms with van der Waals surface area (Å²) in [5.41, 5.74) is 3.62. The molecule has 4 rings (SSSR count). The molecule has 0 spiro atoms. The minimum Gasteiger partial charge on any atom is -0.494 e. The van der Waals surface area contributed by atoms with Gasteiger partial charge in [-0.3, -0.25) is 4.90 Å². The molecule has 0 saturated carbocycles. The molecule has 26 heavy (non-hydrogen) atoms. The minimum absolute atomic E-state index is 0.0131. The largest absolute Gasteiger partial charge is 0.494 e. The van der Waals surface area contributed by atoms with Crippen LogP contribution in [-0.4, -0.2) is 29.2 Å². The lowest BCUT2D eigenvalue weighted by molar-refractivity contribution is 0.0288. The van der Waals surface area contributed by atoms with E-state index in [9.17, 15) is 0 Å². The summed E-state index contributed by atoms with van der Waals surface area (Å²) in [4.78, 5) is 2.38. The molecule has 3 aromatic rings. The second kappa shape index (κ2) is 7.77. The summed E-state index contributed by atoms with van der Waals surface area (Å²) in [6.45, 7) is 5.30. The van der Waals surface area contributed by atoms with Crippen LogP contribution in [0, 0.1) is 0 Å². The number of rotatable bonds is 6. The van der Waals surface area contributed by atoms with Gasteiger partial charge >= 0.3 is 0 Å². The van der Waals surface area contributed by atoms with Crippen LogP contribution in [0.4, 0.5) is 0 Å². The lowest BCUT2D eigenvalue weighted by atomic mass is 10.2. The molecule has 0 aliphatic carbocycles. The SMILES string of the molecule is CCOc1ccc(-n2ccc([C@@H]3OCCN3Cc3ccccc3)c2)cc1. The highest BCUT2D eigenvalue weighted by molar-refractivity contribution is 5.39. The van der Waals surface area contributed by atoms with Crippen LogP contribution in [0.2, 0.25) is 0 Å². The highest BCUT2D eigenvalue weighted by Crippen LogP contribution is 2.29. The van der Waals surface area contributed by atoms with E-state index in [0.717, 1.165) is 31.1 Å². The van der Waals surface area contributed by atoms with Crippen molar-refractivity contribution in [2.24, 2.45) is 0 Å². The molecule has 134 valence electrons. The number of ether oxygens (including phenoxy) is 2. The maximum absolute atomic E-state index is 6.02. The van der Waals surface area contributed by atoms with Gasteiger partial charge < -0.3 is 14.0 Å². The molecule has 1 aromatic heterocycles. The number of aromatic nitrogens is 1. The monoisotopic (exact) mass is 348 g/mol. The van der Waals surface area contributed by atoms with Crippen LogP contribution in [0.5, 0.6) is 5.75 Å². The van der Waals surface area contributed by atoms with Gasteiger partial charge in [0.15, 0.2) is 0 Å². The summed E-state index contributed by atoms with van der Waals surface area (Å²) in [5, 5.41) is 0. The van der Waals surface area contributed by atoms with E-state index in [4.69, 9.17) is 9.47 Å². The van der Waals surface area contributed by atoms with Crippen molar-refractivity contribution in [3.63, 3.8) is 0 Å². The van der Waals surface area contributed by atoms with E-state index in [-0.39, 0.29) is 6.23 Å². The van der Waals surface area contributed by atoms with Crippen LogP contribution in [0.25, 0.3) is 5.69 Å². The molecule has 1 saturated heterocycles. The highest BCUT2D eigenvalue weighted by Gasteiger charge is 2.27. The quantitative estimate of drug-likeness (QED) is 0.660. The summed E-state index contributed by atoms with van der Waals surface area (Å²) in [6, 6.07) is 20.9. The van der Waals surface area contributed by atoms with Crippen LogP contribution in [0.3, 0.4) is 0 Å². The van der Waals surface area contributed by atoms with Crippen LogP contribution < -0.4 is 4.74 Å². The molecule has 0 radical (unpaired) electrons. The first-order valence-electron chi connectivity index (χ1n) is 9.14. The van der Waals surface area contributed by atoms with Crippen LogP contribution in [0.1, 0.15) is 24.3 Å². The molecule has 4 nitrogen and oxygen atoms in total. The molecule has 1 aliphatic heterocycles. The number of nitrogens with zero attached hydrogens (tertiary/aromatic N) is 2. The third kappa shape index (κ3) is 3.66. The standard InChI is InChI=1S/C22H24N2O2/c1-2-25-21-10-8-20(9-11-21)23-13-12-19(17-23)22-24(14-15-26-22)16-18-6-4-3-5-7-18/h3-13,17,22H,2,14-16H2,1H3/t22-/m0/s1. The number of hydrogen-bond acceptors (Lipinski definition) is 3. The zero-order chi connectivity index (χ0) is 17.8. The molecule has 1 aliphatic rings. The van der Waals surface area contributed by atoms with Crippen molar-refractivity contribution in [3.8, 4) is 11.4 Å². The average molecular weight is 348 g/mol. The Kier molecular flexibility index (Phi) is 5.04. The third-order valence-electron chi connectivity index (χ3n) is 4.66. The minimum atomic E-state index is 0.0131. The number of hydrogen-bond donors (Lipinski definition) is 0. The normalized spacial score (nSPS) is 17.5. The fourth-order valence-electron chi connectivity index (χ4n) is 3.39. The average Bonchev–Trinajstić information content (AvgIpc) is 3.33. The summed E-state index contributed by atoms with van der Waals surface area (Å²) < 4.78 is 13.7. The molecule has 2 aromatic carbocycles. The molecule has 0 N–H and O–H groups in total. The van der Waals surface area contributed by atoms with Gasteiger partial charge in [0.2, 0.25) is 0 Å². The fraction of sp³-hybridized carbons (Fsp3) is 0.273. The summed E-state index contributed by atoms with van der Waals surface area (Å²) in [7, 11) is 0. The van der Waals surface area contributed by atoms with E-state index in [1.807, 2.05) is 19.1 Å². The molecule has 0 amide bonds. The van der Waals surface area contributed by atoms with Crippen molar-refractivity contribution in [1.29, 1.82) is 0 Å². The van der Waals surface area contributed by atoms with E-state index < -0.39 is 0 Å². The first kappa shape index (κ1) is 16.9. The van der Waals surface area contributed by atoms with E-state index in [2.05, 4.69) is 70.4 Å². The third-order valence-corrected chi connectivity index (χ3v) is 4.66. The van der Waals surface area contributed by atoms with Crippen molar-refractivity contribution >= 4 is 0 Å². The molecule has 1 fully saturated rings. The van der Waals surface area contributed by atoms with Gasteiger partial charge in [-0.25, -0.2) is 0 Å². The van der Waals surface area contributed by atoms with Crippen molar-refractivity contribution in [3.05, 3.63) is 84.2 Å². The second-order valence-corrected chi connectivity index (χ2v) is 6.46. The second-order valence-electron chi connectivity index (χ2n) is 6.46. The first-order valence-corrected chi connectivity index (χ1v) is 9.14. The Morgan fingerprint density at radius 1 is 1.04 bits per heavy atom. The van der Waals surface area contributed by atoms with Crippen molar-refractivity contribution < 1.29 is 9.47 Å². The highest BCUT2D eigenvalue weighted by atomic mass is 16.5. The van der Waals surface area contributed by atoms with Gasteiger partial charge in [-0.05, 0) is 42.8 Å². The molecule has 2 heterocycles. The van der Waals surface area contributed by atoms with Gasteiger partial charge in [0.05, 0.1) is 13.2 Å². The smallest absolute Gasteiger partial charge is 0.138 e. The van der Waals surface area contributed by atoms with E-state index in [1.165, 1.54) is 11.1 Å². The molecule has 0 unspecified atom stereocenters. The van der Waals surface area contributed by atoms with Gasteiger partial charge in [0.25, 0.3) is 0 Å². The summed E-state index contributed by atoms with van der Waals surface area (Å²) >= 11 is 0. The maximum atomic E-state index is 6.02. The van der Waals surface area contributed by atoms with Crippen LogP contribution in [0.15, 0.2) is 73.1 Å². The lowest BCUT2D eigenvalue weighted by Gasteiger charge is -2.22. The summed E-state index contributed by atoms with van der Waals surface area (Å²) in [5.74, 6) is 0.900. The Morgan fingerprint density at radius 3 is 2.62 bits per heavy atom. The topological polar surface area (TPSA) is 26.6 Å². The molecule has 0 bridgehead atoms. The first-order chi connectivity index (χ1) is 12.8. The van der Waals surface area contributed by atoms with Crippen LogP contribution >= 0.6 is 0 Å². The molecule has 1 atom stereocenters. The fourth-order valence-corrected chi connectivity index (χ4v) is 3.39. The van der Waals surface area contributed by atoms with Gasteiger partial charge in [0, 0.05) is 36.7 Å². The molecular formula is C22H24N2O2. The maximum Gasteiger partial charge on any atom is 0.138 e. The van der Waals surface area contributed by atoms with Gasteiger partial charge in [-0.1, -0.05) is 30.3 Å². The predicted molar refractivity (Wildman–Crippen MR) is 102 cm³/mol. The van der Waals surface area contributed by atoms with Gasteiger partial charge in [-0.15, -0.1) is 0 Å². The Hall–Kier alpha value is -2.56. The van der Waals surface area contributed by atoms with Crippen LogP contribution in [-0.2, 0) is 11.3 Å². The molecule has 4 heteroatoms. The lowest BCUT2D eigenvalue weighted by Crippen LogP contribution is -2.23. The summed E-state index contributed by atoms with van der Waals surface area (Å²) in [6.07, 6.45) is 4.26. The Bertz CT molecular complexity index is 827. The van der Waals surface area contributed by atoms with Crippen molar-refractivity contribution in [2.75, 3.05) is 19.8 Å². The van der Waals surface area contributed by atoms with Gasteiger partial charge in [-0.2, -0.15) is 0 Å². The Labute approximate surface area is 154 Å². The predicted octanol–water partition coefficient (Wildman–Crippen LogP) is 4.41. The van der Waals surface area contributed by atoms with E-state index >= 15 is 0 Å². The zero-order valence-corrected chi connectivity index (χ0v) is 15.0. The van der Waals surface area contributed by atoms with Crippen molar-refractivity contribution in [2.45, 2.75) is 19.7 Å². The number of benzene rings is 2. The van der Waals surface area contributed by atoms with Crippen molar-refractivity contribution in [1.82, 2.24) is 9.47 Å². The van der Waals surface area contributed by atoms with Gasteiger partial charge in [0.1, 0.15) is 12.0 Å². The van der Waals surface area contributed by atoms with E-state index in [1.54, 1.807) is 0 Å². The Morgan fingerprint density at radius 2 is 1.85 bits per heavy atom. The van der Waals surface area contributed by atoms with E-state index in [0.29, 0.717) is 6.61 Å².